The third-order valence-electron chi connectivity index (χ3n) is 4.58. The number of carbonyl (C=O) groups excluding carboxylic acids is 1. The second-order valence-corrected chi connectivity index (χ2v) is 8.22. The summed E-state index contributed by atoms with van der Waals surface area (Å²) in [7, 11) is -3.69. The molecule has 0 bridgehead atoms. The number of pyridine rings is 1. The summed E-state index contributed by atoms with van der Waals surface area (Å²) >= 11 is 0. The van der Waals surface area contributed by atoms with Gasteiger partial charge in [-0.2, -0.15) is 4.31 Å². The van der Waals surface area contributed by atoms with Crippen molar-refractivity contribution in [1.29, 1.82) is 0 Å². The summed E-state index contributed by atoms with van der Waals surface area (Å²) in [5, 5.41) is 0. The standard InChI is InChI=1S/C18H20FN3O3S/c1-13-9-14(2)17(10-15(13)12-23)26(24,25)22-7-5-21(6-8-22)18-4-3-16(19)11-20-18/h3-4,9-12H,5-8H2,1-2H3. The van der Waals surface area contributed by atoms with Crippen molar-refractivity contribution >= 4 is 22.1 Å². The van der Waals surface area contributed by atoms with E-state index in [4.69, 9.17) is 0 Å². The molecule has 1 aliphatic heterocycles. The molecule has 0 atom stereocenters. The highest BCUT2D eigenvalue weighted by molar-refractivity contribution is 7.89. The topological polar surface area (TPSA) is 70.6 Å². The van der Waals surface area contributed by atoms with Gasteiger partial charge in [0.1, 0.15) is 17.9 Å². The maximum absolute atomic E-state index is 13.0. The van der Waals surface area contributed by atoms with Gasteiger partial charge in [0.2, 0.25) is 10.0 Å². The van der Waals surface area contributed by atoms with Crippen LogP contribution in [0.4, 0.5) is 10.2 Å². The summed E-state index contributed by atoms with van der Waals surface area (Å²) < 4.78 is 40.4. The number of benzene rings is 1. The highest BCUT2D eigenvalue weighted by atomic mass is 32.2. The predicted molar refractivity (Wildman–Crippen MR) is 96.5 cm³/mol. The first-order valence-corrected chi connectivity index (χ1v) is 9.70. The van der Waals surface area contributed by atoms with Crippen molar-refractivity contribution in [2.75, 3.05) is 31.1 Å². The number of hydrogen-bond donors (Lipinski definition) is 0. The zero-order valence-electron chi connectivity index (χ0n) is 14.6. The number of aromatic nitrogens is 1. The van der Waals surface area contributed by atoms with Gasteiger partial charge in [0.25, 0.3) is 0 Å². The van der Waals surface area contributed by atoms with E-state index in [9.17, 15) is 17.6 Å². The predicted octanol–water partition coefficient (Wildman–Crippen LogP) is 2.16. The molecule has 138 valence electrons. The Morgan fingerprint density at radius 2 is 1.77 bits per heavy atom. The number of halogens is 1. The number of carbonyl (C=O) groups is 1. The van der Waals surface area contributed by atoms with Gasteiger partial charge in [-0.1, -0.05) is 6.07 Å². The van der Waals surface area contributed by atoms with E-state index in [-0.39, 0.29) is 4.90 Å². The number of anilines is 1. The van der Waals surface area contributed by atoms with Gasteiger partial charge in [-0.25, -0.2) is 17.8 Å². The highest BCUT2D eigenvalue weighted by Crippen LogP contribution is 2.25. The van der Waals surface area contributed by atoms with Crippen molar-refractivity contribution in [1.82, 2.24) is 9.29 Å². The van der Waals surface area contributed by atoms with Crippen LogP contribution >= 0.6 is 0 Å². The second-order valence-electron chi connectivity index (χ2n) is 6.32. The molecular formula is C18H20FN3O3S. The summed E-state index contributed by atoms with van der Waals surface area (Å²) in [6, 6.07) is 6.08. The first kappa shape index (κ1) is 18.5. The largest absolute Gasteiger partial charge is 0.354 e. The van der Waals surface area contributed by atoms with Crippen molar-refractivity contribution in [3.8, 4) is 0 Å². The van der Waals surface area contributed by atoms with Crippen LogP contribution in [-0.2, 0) is 10.0 Å². The molecule has 2 aromatic rings. The molecule has 1 aliphatic rings. The van der Waals surface area contributed by atoms with Gasteiger partial charge in [0.05, 0.1) is 11.1 Å². The number of aldehydes is 1. The number of hydrogen-bond acceptors (Lipinski definition) is 5. The van der Waals surface area contributed by atoms with Crippen LogP contribution in [0.3, 0.4) is 0 Å². The molecule has 1 aromatic heterocycles. The summed E-state index contributed by atoms with van der Waals surface area (Å²) in [5.74, 6) is 0.217. The fourth-order valence-corrected chi connectivity index (χ4v) is 4.77. The summed E-state index contributed by atoms with van der Waals surface area (Å²) in [4.78, 5) is 17.3. The van der Waals surface area contributed by atoms with E-state index in [0.29, 0.717) is 49.4 Å². The third kappa shape index (κ3) is 3.47. The molecule has 1 saturated heterocycles. The van der Waals surface area contributed by atoms with Gasteiger partial charge in [0.15, 0.2) is 0 Å². The summed E-state index contributed by atoms with van der Waals surface area (Å²) in [5.41, 5.74) is 1.75. The Bertz CT molecular complexity index is 921. The van der Waals surface area contributed by atoms with Gasteiger partial charge < -0.3 is 4.90 Å². The van der Waals surface area contributed by atoms with E-state index >= 15 is 0 Å². The van der Waals surface area contributed by atoms with E-state index in [1.54, 1.807) is 26.0 Å². The van der Waals surface area contributed by atoms with Crippen LogP contribution in [0.2, 0.25) is 0 Å². The average Bonchev–Trinajstić information content (AvgIpc) is 2.62. The maximum atomic E-state index is 13.0. The number of rotatable bonds is 4. The zero-order chi connectivity index (χ0) is 18.9. The van der Waals surface area contributed by atoms with Crippen molar-refractivity contribution in [3.63, 3.8) is 0 Å². The molecule has 0 amide bonds. The number of aryl methyl sites for hydroxylation is 2. The molecule has 1 fully saturated rings. The Labute approximate surface area is 152 Å². The Hall–Kier alpha value is -2.32. The lowest BCUT2D eigenvalue weighted by atomic mass is 10.1. The molecule has 0 aliphatic carbocycles. The Kier molecular flexibility index (Phi) is 5.06. The molecule has 0 spiro atoms. The van der Waals surface area contributed by atoms with Crippen LogP contribution in [0.5, 0.6) is 0 Å². The van der Waals surface area contributed by atoms with Gasteiger partial charge in [-0.05, 0) is 43.2 Å². The molecule has 8 heteroatoms. The molecule has 26 heavy (non-hydrogen) atoms. The molecule has 6 nitrogen and oxygen atoms in total. The van der Waals surface area contributed by atoms with Crippen LogP contribution in [-0.4, -0.2) is 50.2 Å². The Balaban J connectivity index is 1.80. The maximum Gasteiger partial charge on any atom is 0.243 e. The number of nitrogens with zero attached hydrogens (tertiary/aromatic N) is 3. The van der Waals surface area contributed by atoms with Gasteiger partial charge in [0, 0.05) is 31.7 Å². The van der Waals surface area contributed by atoms with Crippen LogP contribution in [0.25, 0.3) is 0 Å². The minimum Gasteiger partial charge on any atom is -0.354 e. The quantitative estimate of drug-likeness (QED) is 0.764. The zero-order valence-corrected chi connectivity index (χ0v) is 15.5. The number of sulfonamides is 1. The van der Waals surface area contributed by atoms with Crippen LogP contribution < -0.4 is 4.90 Å². The molecule has 0 saturated carbocycles. The van der Waals surface area contributed by atoms with Crippen LogP contribution in [0, 0.1) is 19.7 Å². The van der Waals surface area contributed by atoms with Gasteiger partial charge >= 0.3 is 0 Å². The lowest BCUT2D eigenvalue weighted by molar-refractivity contribution is 0.112. The van der Waals surface area contributed by atoms with E-state index in [1.165, 1.54) is 16.4 Å². The molecule has 1 aromatic carbocycles. The minimum atomic E-state index is -3.69. The molecule has 3 rings (SSSR count). The van der Waals surface area contributed by atoms with E-state index in [2.05, 4.69) is 4.98 Å². The lowest BCUT2D eigenvalue weighted by Gasteiger charge is -2.35. The van der Waals surface area contributed by atoms with Crippen LogP contribution in [0.15, 0.2) is 35.4 Å². The molecular weight excluding hydrogens is 357 g/mol. The molecule has 0 N–H and O–H groups in total. The van der Waals surface area contributed by atoms with Crippen molar-refractivity contribution in [3.05, 3.63) is 53.0 Å². The Morgan fingerprint density at radius 1 is 1.08 bits per heavy atom. The normalized spacial score (nSPS) is 15.9. The number of piperazine rings is 1. The van der Waals surface area contributed by atoms with E-state index in [0.717, 1.165) is 11.8 Å². The van der Waals surface area contributed by atoms with E-state index < -0.39 is 15.8 Å². The van der Waals surface area contributed by atoms with Crippen molar-refractivity contribution < 1.29 is 17.6 Å². The summed E-state index contributed by atoms with van der Waals surface area (Å²) in [6.45, 7) is 5.03. The lowest BCUT2D eigenvalue weighted by Crippen LogP contribution is -2.49. The van der Waals surface area contributed by atoms with Crippen LogP contribution in [0.1, 0.15) is 21.5 Å². The minimum absolute atomic E-state index is 0.165. The fourth-order valence-electron chi connectivity index (χ4n) is 3.10. The fraction of sp³-hybridized carbons (Fsp3) is 0.333. The van der Waals surface area contributed by atoms with E-state index in [1.807, 2.05) is 4.90 Å². The van der Waals surface area contributed by atoms with Gasteiger partial charge in [-0.15, -0.1) is 0 Å². The molecule has 2 heterocycles. The Morgan fingerprint density at radius 3 is 2.35 bits per heavy atom. The third-order valence-corrected chi connectivity index (χ3v) is 6.62. The smallest absolute Gasteiger partial charge is 0.243 e. The highest BCUT2D eigenvalue weighted by Gasteiger charge is 2.30. The molecule has 0 unspecified atom stereocenters. The first-order valence-electron chi connectivity index (χ1n) is 8.26. The van der Waals surface area contributed by atoms with Crippen molar-refractivity contribution in [2.45, 2.75) is 18.7 Å². The molecule has 0 radical (unpaired) electrons. The average molecular weight is 377 g/mol. The summed E-state index contributed by atoms with van der Waals surface area (Å²) in [6.07, 6.45) is 1.82. The first-order chi connectivity index (χ1) is 12.3. The second kappa shape index (κ2) is 7.13. The van der Waals surface area contributed by atoms with Gasteiger partial charge in [-0.3, -0.25) is 4.79 Å². The monoisotopic (exact) mass is 377 g/mol. The SMILES string of the molecule is Cc1cc(C)c(S(=O)(=O)N2CCN(c3ccc(F)cn3)CC2)cc1C=O. The van der Waals surface area contributed by atoms with Crippen molar-refractivity contribution in [2.24, 2.45) is 0 Å².